The summed E-state index contributed by atoms with van der Waals surface area (Å²) < 4.78 is 1.18. The van der Waals surface area contributed by atoms with Gasteiger partial charge < -0.3 is 10.1 Å². The number of aromatic amines is 2. The van der Waals surface area contributed by atoms with Crippen LogP contribution < -0.4 is 11.2 Å². The van der Waals surface area contributed by atoms with Gasteiger partial charge in [-0.1, -0.05) is 55.5 Å². The topological polar surface area (TPSA) is 103 Å². The lowest BCUT2D eigenvalue weighted by Gasteiger charge is -2.11. The lowest BCUT2D eigenvalue weighted by Crippen LogP contribution is -2.32. The van der Waals surface area contributed by atoms with Gasteiger partial charge in [0.05, 0.1) is 6.04 Å². The first-order valence-corrected chi connectivity index (χ1v) is 10.7. The molecule has 4 aromatic rings. The van der Waals surface area contributed by atoms with Crippen LogP contribution in [0.1, 0.15) is 30.0 Å². The van der Waals surface area contributed by atoms with Gasteiger partial charge in [-0.2, -0.15) is 0 Å². The molecule has 3 N–H and O–H groups in total. The minimum Gasteiger partial charge on any atom is -0.494 e. The van der Waals surface area contributed by atoms with E-state index >= 15 is 0 Å². The van der Waals surface area contributed by atoms with Gasteiger partial charge in [0.1, 0.15) is 5.56 Å². The summed E-state index contributed by atoms with van der Waals surface area (Å²) in [6.07, 6.45) is 5.38. The number of fused-ring (bicyclic) bond motifs is 1. The van der Waals surface area contributed by atoms with Crippen LogP contribution in [-0.4, -0.2) is 31.9 Å². The summed E-state index contributed by atoms with van der Waals surface area (Å²) in [5.74, 6) is -0.361. The first-order chi connectivity index (χ1) is 15.6. The molecular weight excluding hydrogens is 404 g/mol. The molecule has 0 aliphatic carbocycles. The molecular formula is C25H26N4O3. The normalized spacial score (nSPS) is 12.5. The molecule has 0 saturated heterocycles. The van der Waals surface area contributed by atoms with Crippen molar-refractivity contribution in [3.05, 3.63) is 98.3 Å². The van der Waals surface area contributed by atoms with Crippen LogP contribution in [0, 0.1) is 0 Å². The lowest BCUT2D eigenvalue weighted by atomic mass is 10.0. The summed E-state index contributed by atoms with van der Waals surface area (Å²) in [6, 6.07) is 17.7. The van der Waals surface area contributed by atoms with Crippen LogP contribution in [0.3, 0.4) is 0 Å². The van der Waals surface area contributed by atoms with Crippen molar-refractivity contribution in [2.75, 3.05) is 0 Å². The third-order valence-electron chi connectivity index (χ3n) is 5.69. The summed E-state index contributed by atoms with van der Waals surface area (Å²) in [7, 11) is 0. The van der Waals surface area contributed by atoms with Gasteiger partial charge in [-0.25, -0.2) is 4.79 Å². The summed E-state index contributed by atoms with van der Waals surface area (Å²) in [5.41, 5.74) is 1.97. The van der Waals surface area contributed by atoms with E-state index in [1.54, 1.807) is 0 Å². The van der Waals surface area contributed by atoms with E-state index in [2.05, 4.69) is 21.0 Å². The van der Waals surface area contributed by atoms with E-state index in [0.717, 1.165) is 28.5 Å². The number of benzene rings is 2. The number of H-pyrrole nitrogens is 2. The fourth-order valence-corrected chi connectivity index (χ4v) is 3.82. The predicted molar refractivity (Wildman–Crippen MR) is 127 cm³/mol. The first-order valence-electron chi connectivity index (χ1n) is 10.7. The second kappa shape index (κ2) is 9.51. The number of aryl methyl sites for hydroxylation is 1. The van der Waals surface area contributed by atoms with Crippen molar-refractivity contribution in [2.45, 2.75) is 38.8 Å². The number of aromatic nitrogens is 3. The maximum Gasteiger partial charge on any atom is 0.331 e. The monoisotopic (exact) mass is 430 g/mol. The van der Waals surface area contributed by atoms with E-state index < -0.39 is 11.2 Å². The molecule has 2 heterocycles. The maximum atomic E-state index is 12.4. The van der Waals surface area contributed by atoms with E-state index in [1.807, 2.05) is 61.7 Å². The van der Waals surface area contributed by atoms with E-state index in [4.69, 9.17) is 0 Å². The number of hydrogen-bond acceptors (Lipinski definition) is 4. The highest BCUT2D eigenvalue weighted by Gasteiger charge is 2.14. The van der Waals surface area contributed by atoms with Gasteiger partial charge in [0.25, 0.3) is 5.56 Å². The molecule has 0 unspecified atom stereocenters. The molecule has 0 radical (unpaired) electrons. The summed E-state index contributed by atoms with van der Waals surface area (Å²) in [6.45, 7) is 2.28. The standard InChI is InChI=1S/C25H26N4O3/c1-2-19(14-18-15-27-22-11-7-6-10-20(18)22)26-16-21-23(30)28-25(32)29(24(21)31)13-12-17-8-4-3-5-9-17/h3-11,15-16,19,27,31H,2,12-14H2,1H3,(H,28,30,32)/t19-/m0/s1. The van der Waals surface area contributed by atoms with E-state index in [0.29, 0.717) is 12.8 Å². The molecule has 0 aliphatic rings. The molecule has 2 aromatic heterocycles. The van der Waals surface area contributed by atoms with Crippen molar-refractivity contribution in [3.8, 4) is 5.88 Å². The molecule has 4 rings (SSSR count). The van der Waals surface area contributed by atoms with E-state index in [9.17, 15) is 14.7 Å². The van der Waals surface area contributed by atoms with Gasteiger partial charge >= 0.3 is 5.69 Å². The third-order valence-corrected chi connectivity index (χ3v) is 5.69. The number of rotatable bonds is 8. The minimum atomic E-state index is -0.644. The van der Waals surface area contributed by atoms with Crippen molar-refractivity contribution >= 4 is 17.1 Å². The number of aliphatic imine (C=N–C) groups is 1. The minimum absolute atomic E-state index is 0.00459. The van der Waals surface area contributed by atoms with Gasteiger partial charge in [-0.05, 0) is 36.5 Å². The highest BCUT2D eigenvalue weighted by atomic mass is 16.3. The smallest absolute Gasteiger partial charge is 0.331 e. The Balaban J connectivity index is 1.56. The van der Waals surface area contributed by atoms with Crippen molar-refractivity contribution < 1.29 is 5.11 Å². The average Bonchev–Trinajstić information content (AvgIpc) is 3.21. The van der Waals surface area contributed by atoms with E-state index in [1.165, 1.54) is 10.8 Å². The van der Waals surface area contributed by atoms with Gasteiger partial charge in [-0.15, -0.1) is 0 Å². The molecule has 0 saturated carbocycles. The Labute approximate surface area is 185 Å². The zero-order chi connectivity index (χ0) is 22.5. The SMILES string of the molecule is CC[C@@H](Cc1c[nH]c2ccccc12)N=Cc1c(O)n(CCc2ccccc2)c(=O)[nH]c1=O. The molecule has 0 fully saturated rings. The molecule has 164 valence electrons. The number of aromatic hydroxyl groups is 1. The van der Waals surface area contributed by atoms with Gasteiger partial charge in [0, 0.05) is 29.9 Å². The third kappa shape index (κ3) is 4.56. The average molecular weight is 431 g/mol. The highest BCUT2D eigenvalue weighted by Crippen LogP contribution is 2.21. The van der Waals surface area contributed by atoms with Crippen molar-refractivity contribution in [2.24, 2.45) is 4.99 Å². The Morgan fingerprint density at radius 1 is 1.09 bits per heavy atom. The fourth-order valence-electron chi connectivity index (χ4n) is 3.82. The number of hydrogen-bond donors (Lipinski definition) is 3. The van der Waals surface area contributed by atoms with E-state index in [-0.39, 0.29) is 24.0 Å². The van der Waals surface area contributed by atoms with Crippen LogP contribution in [-0.2, 0) is 19.4 Å². The largest absolute Gasteiger partial charge is 0.494 e. The maximum absolute atomic E-state index is 12.4. The molecule has 0 spiro atoms. The van der Waals surface area contributed by atoms with Crippen LogP contribution in [0.15, 0.2) is 75.4 Å². The second-order valence-electron chi connectivity index (χ2n) is 7.79. The number of para-hydroxylation sites is 1. The Morgan fingerprint density at radius 2 is 1.84 bits per heavy atom. The highest BCUT2D eigenvalue weighted by molar-refractivity contribution is 5.83. The number of nitrogens with zero attached hydrogens (tertiary/aromatic N) is 2. The van der Waals surface area contributed by atoms with Crippen molar-refractivity contribution in [3.63, 3.8) is 0 Å². The molecule has 7 heteroatoms. The quantitative estimate of drug-likeness (QED) is 0.373. The Hall–Kier alpha value is -3.87. The summed E-state index contributed by atoms with van der Waals surface area (Å²) in [5, 5.41) is 11.8. The predicted octanol–water partition coefficient (Wildman–Crippen LogP) is 3.41. The first kappa shape index (κ1) is 21.4. The molecule has 1 atom stereocenters. The summed E-state index contributed by atoms with van der Waals surface area (Å²) in [4.78, 5) is 34.7. The van der Waals surface area contributed by atoms with Crippen molar-refractivity contribution in [1.29, 1.82) is 0 Å². The van der Waals surface area contributed by atoms with Crippen LogP contribution in [0.25, 0.3) is 10.9 Å². The Kier molecular flexibility index (Phi) is 6.35. The molecule has 0 bridgehead atoms. The van der Waals surface area contributed by atoms with Crippen LogP contribution in [0.2, 0.25) is 0 Å². The summed E-state index contributed by atoms with van der Waals surface area (Å²) >= 11 is 0. The lowest BCUT2D eigenvalue weighted by molar-refractivity contribution is 0.399. The molecule has 32 heavy (non-hydrogen) atoms. The molecule has 0 aliphatic heterocycles. The zero-order valence-corrected chi connectivity index (χ0v) is 17.9. The fraction of sp³-hybridized carbons (Fsp3) is 0.240. The van der Waals surface area contributed by atoms with Gasteiger partial charge in [0.15, 0.2) is 0 Å². The van der Waals surface area contributed by atoms with Crippen LogP contribution >= 0.6 is 0 Å². The second-order valence-corrected chi connectivity index (χ2v) is 7.79. The molecule has 2 aromatic carbocycles. The van der Waals surface area contributed by atoms with Crippen LogP contribution in [0.4, 0.5) is 0 Å². The molecule has 7 nitrogen and oxygen atoms in total. The van der Waals surface area contributed by atoms with Crippen LogP contribution in [0.5, 0.6) is 5.88 Å². The zero-order valence-electron chi connectivity index (χ0n) is 17.9. The number of nitrogens with one attached hydrogen (secondary N) is 2. The Morgan fingerprint density at radius 3 is 2.62 bits per heavy atom. The van der Waals surface area contributed by atoms with Crippen molar-refractivity contribution in [1.82, 2.24) is 14.5 Å². The van der Waals surface area contributed by atoms with Gasteiger partial charge in [-0.3, -0.25) is 19.3 Å². The molecule has 0 amide bonds. The Bertz CT molecular complexity index is 1350. The van der Waals surface area contributed by atoms with Gasteiger partial charge in [0.2, 0.25) is 5.88 Å².